The first-order valence-corrected chi connectivity index (χ1v) is 11.7. The van der Waals surface area contributed by atoms with Gasteiger partial charge in [-0.25, -0.2) is 9.48 Å². The molecule has 0 atom stereocenters. The van der Waals surface area contributed by atoms with Crippen molar-refractivity contribution in [3.05, 3.63) is 63.2 Å². The number of nitrogens with zero attached hydrogens (tertiary/aromatic N) is 3. The Labute approximate surface area is 206 Å². The van der Waals surface area contributed by atoms with Crippen molar-refractivity contribution in [3.63, 3.8) is 0 Å². The summed E-state index contributed by atoms with van der Waals surface area (Å²) in [4.78, 5) is 39.9. The number of thiophene rings is 1. The van der Waals surface area contributed by atoms with Crippen LogP contribution in [-0.2, 0) is 11.5 Å². The monoisotopic (exact) mass is 504 g/mol. The van der Waals surface area contributed by atoms with Gasteiger partial charge in [-0.2, -0.15) is 5.10 Å². The highest BCUT2D eigenvalue weighted by Crippen LogP contribution is 2.34. The first-order chi connectivity index (χ1) is 16.2. The van der Waals surface area contributed by atoms with Crippen molar-refractivity contribution in [2.45, 2.75) is 27.0 Å². The van der Waals surface area contributed by atoms with E-state index in [1.807, 2.05) is 6.92 Å². The van der Waals surface area contributed by atoms with Crippen LogP contribution in [0.5, 0.6) is 5.75 Å². The topological polar surface area (TPSA) is 103 Å². The Morgan fingerprint density at radius 1 is 1.24 bits per heavy atom. The van der Waals surface area contributed by atoms with Gasteiger partial charge in [0.25, 0.3) is 11.8 Å². The molecule has 0 fully saturated rings. The molecular formula is C23H25ClN4O5S. The Balaban J connectivity index is 1.78. The number of benzene rings is 1. The molecular weight excluding hydrogens is 480 g/mol. The van der Waals surface area contributed by atoms with Crippen molar-refractivity contribution in [2.75, 3.05) is 26.0 Å². The second-order valence-corrected chi connectivity index (χ2v) is 8.98. The fourth-order valence-electron chi connectivity index (χ4n) is 2.94. The zero-order chi connectivity index (χ0) is 24.8. The zero-order valence-corrected chi connectivity index (χ0v) is 20.8. The maximum atomic E-state index is 12.9. The molecule has 11 heteroatoms. The third kappa shape index (κ3) is 5.95. The predicted molar refractivity (Wildman–Crippen MR) is 130 cm³/mol. The Hall–Kier alpha value is -3.37. The average Bonchev–Trinajstić information content (AvgIpc) is 3.40. The largest absolute Gasteiger partial charge is 0.471 e. The van der Waals surface area contributed by atoms with E-state index in [9.17, 15) is 14.4 Å². The second kappa shape index (κ2) is 11.2. The van der Waals surface area contributed by atoms with E-state index in [0.717, 1.165) is 11.3 Å². The van der Waals surface area contributed by atoms with Gasteiger partial charge in [0.15, 0.2) is 12.4 Å². The lowest BCUT2D eigenvalue weighted by Crippen LogP contribution is -2.21. The molecule has 2 heterocycles. The summed E-state index contributed by atoms with van der Waals surface area (Å²) in [7, 11) is 3.24. The van der Waals surface area contributed by atoms with Gasteiger partial charge < -0.3 is 19.7 Å². The van der Waals surface area contributed by atoms with E-state index in [2.05, 4.69) is 10.4 Å². The van der Waals surface area contributed by atoms with E-state index in [1.165, 1.54) is 15.6 Å². The molecule has 0 aliphatic heterocycles. The number of hydrogen-bond acceptors (Lipinski definition) is 7. The molecule has 9 nitrogen and oxygen atoms in total. The standard InChI is InChI=1S/C23H25ClN4O5S/c1-5-11-32-23(31)18-14(2)19(22(30)27(3)4)34-21(18)25-20(29)17-9-10-28(26-17)13-33-16-8-6-7-15(24)12-16/h6-10,12H,5,11,13H2,1-4H3,(H,25,29). The SMILES string of the molecule is CCCOC(=O)c1c(NC(=O)c2ccn(COc3cccc(Cl)c3)n2)sc(C(=O)N(C)C)c1C. The molecule has 0 radical (unpaired) electrons. The Morgan fingerprint density at radius 3 is 2.68 bits per heavy atom. The van der Waals surface area contributed by atoms with Gasteiger partial charge in [-0.15, -0.1) is 11.3 Å². The number of carbonyl (C=O) groups is 3. The number of carbonyl (C=O) groups excluding carboxylic acids is 3. The maximum absolute atomic E-state index is 12.9. The van der Waals surface area contributed by atoms with Crippen LogP contribution in [0.3, 0.4) is 0 Å². The molecule has 180 valence electrons. The minimum atomic E-state index is -0.593. The lowest BCUT2D eigenvalue weighted by molar-refractivity contribution is 0.0506. The molecule has 1 N–H and O–H groups in total. The van der Waals surface area contributed by atoms with E-state index < -0.39 is 11.9 Å². The van der Waals surface area contributed by atoms with Gasteiger partial charge in [-0.05, 0) is 43.2 Å². The summed E-state index contributed by atoms with van der Waals surface area (Å²) in [6.07, 6.45) is 2.24. The number of aromatic nitrogens is 2. The van der Waals surface area contributed by atoms with Gasteiger partial charge in [0.05, 0.1) is 17.0 Å². The quantitative estimate of drug-likeness (QED) is 0.431. The number of amides is 2. The molecule has 1 aromatic carbocycles. The van der Waals surface area contributed by atoms with Crippen LogP contribution in [0.15, 0.2) is 36.5 Å². The summed E-state index contributed by atoms with van der Waals surface area (Å²) in [6, 6.07) is 8.46. The highest BCUT2D eigenvalue weighted by atomic mass is 35.5. The predicted octanol–water partition coefficient (Wildman–Crippen LogP) is 4.46. The fourth-order valence-corrected chi connectivity index (χ4v) is 4.33. The van der Waals surface area contributed by atoms with Gasteiger partial charge >= 0.3 is 5.97 Å². The molecule has 0 spiro atoms. The molecule has 0 aliphatic carbocycles. The number of hydrogen-bond donors (Lipinski definition) is 1. The molecule has 3 aromatic rings. The molecule has 0 aliphatic rings. The van der Waals surface area contributed by atoms with Crippen molar-refractivity contribution in [3.8, 4) is 5.75 Å². The molecule has 0 saturated heterocycles. The number of nitrogens with one attached hydrogen (secondary N) is 1. The summed E-state index contributed by atoms with van der Waals surface area (Å²) in [5, 5.41) is 7.71. The van der Waals surface area contributed by atoms with Crippen LogP contribution in [0.4, 0.5) is 5.00 Å². The van der Waals surface area contributed by atoms with Crippen molar-refractivity contribution in [1.29, 1.82) is 0 Å². The van der Waals surface area contributed by atoms with Crippen molar-refractivity contribution in [2.24, 2.45) is 0 Å². The summed E-state index contributed by atoms with van der Waals surface area (Å²) < 4.78 is 12.3. The summed E-state index contributed by atoms with van der Waals surface area (Å²) in [5.41, 5.74) is 0.746. The van der Waals surface area contributed by atoms with Crippen LogP contribution < -0.4 is 10.1 Å². The minimum absolute atomic E-state index is 0.0712. The third-order valence-electron chi connectivity index (χ3n) is 4.65. The van der Waals surface area contributed by atoms with Crippen LogP contribution in [-0.4, -0.2) is 53.2 Å². The first-order valence-electron chi connectivity index (χ1n) is 10.5. The van der Waals surface area contributed by atoms with Gasteiger partial charge in [-0.3, -0.25) is 9.59 Å². The van der Waals surface area contributed by atoms with Crippen LogP contribution in [0.2, 0.25) is 5.02 Å². The zero-order valence-electron chi connectivity index (χ0n) is 19.3. The van der Waals surface area contributed by atoms with Gasteiger partial charge in [0.2, 0.25) is 0 Å². The van der Waals surface area contributed by atoms with Crippen molar-refractivity contribution >= 4 is 45.7 Å². The Kier molecular flexibility index (Phi) is 8.30. The Morgan fingerprint density at radius 2 is 2.00 bits per heavy atom. The van der Waals surface area contributed by atoms with Gasteiger partial charge in [0, 0.05) is 25.3 Å². The van der Waals surface area contributed by atoms with Gasteiger partial charge in [0.1, 0.15) is 10.8 Å². The first kappa shape index (κ1) is 25.3. The smallest absolute Gasteiger partial charge is 0.341 e. The highest BCUT2D eigenvalue weighted by molar-refractivity contribution is 7.18. The molecule has 0 unspecified atom stereocenters. The average molecular weight is 505 g/mol. The van der Waals surface area contributed by atoms with E-state index in [4.69, 9.17) is 21.1 Å². The summed E-state index contributed by atoms with van der Waals surface area (Å²) >= 11 is 6.98. The molecule has 2 aromatic heterocycles. The Bertz CT molecular complexity index is 1200. The minimum Gasteiger partial charge on any atom is -0.471 e. The van der Waals surface area contributed by atoms with E-state index >= 15 is 0 Å². The van der Waals surface area contributed by atoms with E-state index in [-0.39, 0.29) is 35.5 Å². The number of halogens is 1. The number of rotatable bonds is 9. The van der Waals surface area contributed by atoms with E-state index in [0.29, 0.717) is 27.6 Å². The third-order valence-corrected chi connectivity index (χ3v) is 6.08. The molecule has 3 rings (SSSR count). The molecule has 2 amide bonds. The maximum Gasteiger partial charge on any atom is 0.341 e. The molecule has 0 bridgehead atoms. The second-order valence-electron chi connectivity index (χ2n) is 7.52. The molecule has 34 heavy (non-hydrogen) atoms. The van der Waals surface area contributed by atoms with Crippen LogP contribution in [0.25, 0.3) is 0 Å². The fraction of sp³-hybridized carbons (Fsp3) is 0.304. The number of esters is 1. The van der Waals surface area contributed by atoms with Crippen LogP contribution in [0.1, 0.15) is 49.4 Å². The normalized spacial score (nSPS) is 10.6. The summed E-state index contributed by atoms with van der Waals surface area (Å²) in [5.74, 6) is -0.827. The summed E-state index contributed by atoms with van der Waals surface area (Å²) in [6.45, 7) is 3.84. The van der Waals surface area contributed by atoms with E-state index in [1.54, 1.807) is 51.5 Å². The van der Waals surface area contributed by atoms with Crippen molar-refractivity contribution in [1.82, 2.24) is 14.7 Å². The lowest BCUT2D eigenvalue weighted by atomic mass is 10.1. The highest BCUT2D eigenvalue weighted by Gasteiger charge is 2.28. The number of ether oxygens (including phenoxy) is 2. The lowest BCUT2D eigenvalue weighted by Gasteiger charge is -2.09. The van der Waals surface area contributed by atoms with Gasteiger partial charge in [-0.1, -0.05) is 24.6 Å². The van der Waals surface area contributed by atoms with Crippen LogP contribution in [0, 0.1) is 6.92 Å². The molecule has 0 saturated carbocycles. The van der Waals surface area contributed by atoms with Crippen LogP contribution >= 0.6 is 22.9 Å². The number of anilines is 1. The van der Waals surface area contributed by atoms with Crippen molar-refractivity contribution < 1.29 is 23.9 Å².